The van der Waals surface area contributed by atoms with Crippen molar-refractivity contribution < 1.29 is 14.0 Å². The van der Waals surface area contributed by atoms with E-state index in [0.717, 1.165) is 5.69 Å². The van der Waals surface area contributed by atoms with Crippen molar-refractivity contribution in [1.29, 1.82) is 0 Å². The second-order valence-corrected chi connectivity index (χ2v) is 6.15. The van der Waals surface area contributed by atoms with Crippen molar-refractivity contribution in [3.63, 3.8) is 0 Å². The van der Waals surface area contributed by atoms with Crippen LogP contribution in [0.15, 0.2) is 48.7 Å². The standard InChI is InChI=1S/C19H21FN4O2/c20-16-5-3-4-15(12-16)13-18(25)23-8-10-24(11-9-23)19(26)22-14-17-6-1-2-7-21-17/h1-7,12H,8-11,13-14H2,(H,22,26). The van der Waals surface area contributed by atoms with E-state index in [-0.39, 0.29) is 24.2 Å². The molecule has 1 N–H and O–H groups in total. The first kappa shape index (κ1) is 17.8. The third kappa shape index (κ3) is 4.78. The Hall–Kier alpha value is -2.96. The topological polar surface area (TPSA) is 65.5 Å². The van der Waals surface area contributed by atoms with Gasteiger partial charge in [0.1, 0.15) is 5.82 Å². The summed E-state index contributed by atoms with van der Waals surface area (Å²) in [6.07, 6.45) is 1.86. The van der Waals surface area contributed by atoms with E-state index in [1.54, 1.807) is 28.1 Å². The number of rotatable bonds is 4. The van der Waals surface area contributed by atoms with Gasteiger partial charge < -0.3 is 15.1 Å². The molecule has 1 aliphatic rings. The number of pyridine rings is 1. The maximum absolute atomic E-state index is 13.2. The van der Waals surface area contributed by atoms with Gasteiger partial charge in [-0.2, -0.15) is 0 Å². The van der Waals surface area contributed by atoms with Crippen molar-refractivity contribution in [2.45, 2.75) is 13.0 Å². The summed E-state index contributed by atoms with van der Waals surface area (Å²) in [6, 6.07) is 11.5. The summed E-state index contributed by atoms with van der Waals surface area (Å²) in [6.45, 7) is 2.28. The smallest absolute Gasteiger partial charge is 0.317 e. The van der Waals surface area contributed by atoms with Crippen molar-refractivity contribution in [2.75, 3.05) is 26.2 Å². The van der Waals surface area contributed by atoms with Crippen molar-refractivity contribution in [1.82, 2.24) is 20.1 Å². The van der Waals surface area contributed by atoms with Gasteiger partial charge in [-0.3, -0.25) is 9.78 Å². The Morgan fingerprint density at radius 2 is 1.81 bits per heavy atom. The molecule has 0 aliphatic carbocycles. The summed E-state index contributed by atoms with van der Waals surface area (Å²) < 4.78 is 13.2. The van der Waals surface area contributed by atoms with Gasteiger partial charge in [0, 0.05) is 32.4 Å². The molecule has 3 rings (SSSR count). The number of nitrogens with zero attached hydrogens (tertiary/aromatic N) is 3. The minimum Gasteiger partial charge on any atom is -0.339 e. The van der Waals surface area contributed by atoms with Crippen LogP contribution in [-0.2, 0) is 17.8 Å². The van der Waals surface area contributed by atoms with Crippen LogP contribution >= 0.6 is 0 Å². The number of halogens is 1. The molecule has 0 saturated carbocycles. The van der Waals surface area contributed by atoms with Crippen molar-refractivity contribution in [2.24, 2.45) is 0 Å². The third-order valence-corrected chi connectivity index (χ3v) is 4.31. The summed E-state index contributed by atoms with van der Waals surface area (Å²) in [5.41, 5.74) is 1.45. The van der Waals surface area contributed by atoms with Gasteiger partial charge in [-0.1, -0.05) is 18.2 Å². The van der Waals surface area contributed by atoms with E-state index < -0.39 is 0 Å². The SMILES string of the molecule is O=C(Cc1cccc(F)c1)N1CCN(C(=O)NCc2ccccn2)CC1. The Morgan fingerprint density at radius 3 is 2.50 bits per heavy atom. The lowest BCUT2D eigenvalue weighted by atomic mass is 10.1. The number of carbonyl (C=O) groups is 2. The molecule has 1 saturated heterocycles. The second-order valence-electron chi connectivity index (χ2n) is 6.15. The lowest BCUT2D eigenvalue weighted by molar-refractivity contribution is -0.131. The van der Waals surface area contributed by atoms with Gasteiger partial charge in [-0.15, -0.1) is 0 Å². The maximum atomic E-state index is 13.2. The van der Waals surface area contributed by atoms with Crippen molar-refractivity contribution >= 4 is 11.9 Å². The van der Waals surface area contributed by atoms with Crippen LogP contribution in [0.4, 0.5) is 9.18 Å². The van der Waals surface area contributed by atoms with Crippen LogP contribution in [0.25, 0.3) is 0 Å². The van der Waals surface area contributed by atoms with Gasteiger partial charge in [-0.05, 0) is 29.8 Å². The zero-order valence-corrected chi connectivity index (χ0v) is 14.4. The minimum atomic E-state index is -0.343. The number of benzene rings is 1. The van der Waals surface area contributed by atoms with E-state index in [0.29, 0.717) is 38.3 Å². The highest BCUT2D eigenvalue weighted by Gasteiger charge is 2.24. The lowest BCUT2D eigenvalue weighted by Gasteiger charge is -2.34. The third-order valence-electron chi connectivity index (χ3n) is 4.31. The molecule has 1 aliphatic heterocycles. The summed E-state index contributed by atoms with van der Waals surface area (Å²) in [7, 11) is 0. The van der Waals surface area contributed by atoms with Crippen LogP contribution in [0.5, 0.6) is 0 Å². The van der Waals surface area contributed by atoms with E-state index >= 15 is 0 Å². The average Bonchev–Trinajstić information content (AvgIpc) is 2.67. The van der Waals surface area contributed by atoms with Crippen LogP contribution in [0.3, 0.4) is 0 Å². The number of nitrogens with one attached hydrogen (secondary N) is 1. The number of aromatic nitrogens is 1. The van der Waals surface area contributed by atoms with E-state index in [1.807, 2.05) is 18.2 Å². The fourth-order valence-electron chi connectivity index (χ4n) is 2.87. The van der Waals surface area contributed by atoms with Gasteiger partial charge in [0.05, 0.1) is 18.7 Å². The highest BCUT2D eigenvalue weighted by Crippen LogP contribution is 2.09. The number of hydrogen-bond acceptors (Lipinski definition) is 3. The van der Waals surface area contributed by atoms with E-state index in [1.165, 1.54) is 12.1 Å². The first-order valence-corrected chi connectivity index (χ1v) is 8.57. The molecule has 2 heterocycles. The Bertz CT molecular complexity index is 761. The monoisotopic (exact) mass is 356 g/mol. The number of carbonyl (C=O) groups excluding carboxylic acids is 2. The number of urea groups is 1. The molecule has 2 aromatic rings. The van der Waals surface area contributed by atoms with Crippen LogP contribution < -0.4 is 5.32 Å². The first-order chi connectivity index (χ1) is 12.6. The molecule has 0 unspecified atom stereocenters. The number of hydrogen-bond donors (Lipinski definition) is 1. The highest BCUT2D eigenvalue weighted by atomic mass is 19.1. The predicted molar refractivity (Wildman–Crippen MR) is 94.7 cm³/mol. The van der Waals surface area contributed by atoms with Crippen LogP contribution in [-0.4, -0.2) is 52.9 Å². The zero-order chi connectivity index (χ0) is 18.4. The van der Waals surface area contributed by atoms with Gasteiger partial charge in [-0.25, -0.2) is 9.18 Å². The Labute approximate surface area is 151 Å². The van der Waals surface area contributed by atoms with E-state index in [9.17, 15) is 14.0 Å². The molecule has 26 heavy (non-hydrogen) atoms. The zero-order valence-electron chi connectivity index (χ0n) is 14.4. The fourth-order valence-corrected chi connectivity index (χ4v) is 2.87. The van der Waals surface area contributed by atoms with Gasteiger partial charge in [0.15, 0.2) is 0 Å². The molecule has 1 aromatic heterocycles. The number of piperazine rings is 1. The molecule has 7 heteroatoms. The summed E-state index contributed by atoms with van der Waals surface area (Å²) in [5.74, 6) is -0.395. The van der Waals surface area contributed by atoms with Crippen molar-refractivity contribution in [3.8, 4) is 0 Å². The molecular weight excluding hydrogens is 335 g/mol. The summed E-state index contributed by atoms with van der Waals surface area (Å²) in [5, 5.41) is 2.84. The van der Waals surface area contributed by atoms with Crippen LogP contribution in [0.2, 0.25) is 0 Å². The quantitative estimate of drug-likeness (QED) is 0.909. The Kier molecular flexibility index (Phi) is 5.78. The Balaban J connectivity index is 1.44. The molecule has 0 atom stereocenters. The highest BCUT2D eigenvalue weighted by molar-refractivity contribution is 5.79. The van der Waals surface area contributed by atoms with Crippen LogP contribution in [0.1, 0.15) is 11.3 Å². The second kappa shape index (κ2) is 8.42. The first-order valence-electron chi connectivity index (χ1n) is 8.57. The maximum Gasteiger partial charge on any atom is 0.317 e. The van der Waals surface area contributed by atoms with E-state index in [2.05, 4.69) is 10.3 Å². The molecule has 0 bridgehead atoms. The Morgan fingerprint density at radius 1 is 1.04 bits per heavy atom. The largest absolute Gasteiger partial charge is 0.339 e. The lowest BCUT2D eigenvalue weighted by Crippen LogP contribution is -2.53. The fraction of sp³-hybridized carbons (Fsp3) is 0.316. The van der Waals surface area contributed by atoms with Gasteiger partial charge >= 0.3 is 6.03 Å². The number of amides is 3. The van der Waals surface area contributed by atoms with Gasteiger partial charge in [0.2, 0.25) is 5.91 Å². The molecule has 1 fully saturated rings. The predicted octanol–water partition coefficient (Wildman–Crippen LogP) is 1.82. The molecule has 136 valence electrons. The molecule has 3 amide bonds. The molecule has 6 nitrogen and oxygen atoms in total. The van der Waals surface area contributed by atoms with Gasteiger partial charge in [0.25, 0.3) is 0 Å². The molecule has 0 radical (unpaired) electrons. The van der Waals surface area contributed by atoms with Crippen LogP contribution in [0, 0.1) is 5.82 Å². The normalized spacial score (nSPS) is 14.2. The molecular formula is C19H21FN4O2. The average molecular weight is 356 g/mol. The molecule has 0 spiro atoms. The summed E-state index contributed by atoms with van der Waals surface area (Å²) >= 11 is 0. The van der Waals surface area contributed by atoms with E-state index in [4.69, 9.17) is 0 Å². The summed E-state index contributed by atoms with van der Waals surface area (Å²) in [4.78, 5) is 32.1. The minimum absolute atomic E-state index is 0.0517. The van der Waals surface area contributed by atoms with Crippen molar-refractivity contribution in [3.05, 3.63) is 65.7 Å². The molecule has 1 aromatic carbocycles.